The molecule has 0 heterocycles. The second-order valence-electron chi connectivity index (χ2n) is 3.64. The summed E-state index contributed by atoms with van der Waals surface area (Å²) in [4.78, 5) is 11.7. The Hall–Kier alpha value is -1.35. The van der Waals surface area contributed by atoms with E-state index in [0.717, 1.165) is 10.5 Å². The Morgan fingerprint density at radius 1 is 1.36 bits per heavy atom. The van der Waals surface area contributed by atoms with Gasteiger partial charge >= 0.3 is 0 Å². The van der Waals surface area contributed by atoms with E-state index >= 15 is 0 Å². The Kier molecular flexibility index (Phi) is 3.65. The predicted octanol–water partition coefficient (Wildman–Crippen LogP) is -1.51. The number of carboxylic acid groups (broad SMARTS) is 1. The van der Waals surface area contributed by atoms with Crippen LogP contribution in [0.15, 0.2) is 30.3 Å². The molecule has 0 spiro atoms. The summed E-state index contributed by atoms with van der Waals surface area (Å²) in [6.07, 6.45) is 0.519. The number of carbonyl (C=O) groups excluding carboxylic acids is 1. The van der Waals surface area contributed by atoms with Crippen molar-refractivity contribution in [3.8, 4) is 0 Å². The smallest absolute Gasteiger partial charge is 0.131 e. The molecule has 0 saturated heterocycles. The third-order valence-corrected chi connectivity index (χ3v) is 2.26. The van der Waals surface area contributed by atoms with Gasteiger partial charge in [-0.15, -0.1) is 0 Å². The molecular weight excluding hydrogens is 178 g/mol. The number of quaternary nitrogens is 1. The summed E-state index contributed by atoms with van der Waals surface area (Å²) in [5.41, 5.74) is 1.03. The molecule has 0 saturated carbocycles. The van der Waals surface area contributed by atoms with Crippen LogP contribution in [0.25, 0.3) is 0 Å². The molecule has 0 unspecified atom stereocenters. The molecule has 0 aliphatic rings. The average molecular weight is 193 g/mol. The van der Waals surface area contributed by atoms with Crippen LogP contribution >= 0.6 is 0 Å². The Bertz CT molecular complexity index is 295. The zero-order chi connectivity index (χ0) is 10.6. The van der Waals surface area contributed by atoms with Gasteiger partial charge in [-0.3, -0.25) is 0 Å². The van der Waals surface area contributed by atoms with Gasteiger partial charge in [-0.2, -0.15) is 0 Å². The lowest BCUT2D eigenvalue weighted by Gasteiger charge is -2.22. The molecule has 1 rings (SSSR count). The minimum atomic E-state index is -0.992. The molecule has 0 bridgehead atoms. The summed E-state index contributed by atoms with van der Waals surface area (Å²) in [5.74, 6) is -0.992. The van der Waals surface area contributed by atoms with E-state index < -0.39 is 12.0 Å². The van der Waals surface area contributed by atoms with Crippen LogP contribution in [-0.4, -0.2) is 26.1 Å². The topological polar surface area (TPSA) is 44.6 Å². The number of hydrogen-bond acceptors (Lipinski definition) is 2. The number of rotatable bonds is 4. The van der Waals surface area contributed by atoms with Crippen molar-refractivity contribution in [3.63, 3.8) is 0 Å². The summed E-state index contributed by atoms with van der Waals surface area (Å²) in [6.45, 7) is 0. The van der Waals surface area contributed by atoms with Gasteiger partial charge < -0.3 is 14.8 Å². The Labute approximate surface area is 84.0 Å². The van der Waals surface area contributed by atoms with Crippen molar-refractivity contribution in [3.05, 3.63) is 35.9 Å². The second kappa shape index (κ2) is 4.77. The van der Waals surface area contributed by atoms with Gasteiger partial charge in [-0.1, -0.05) is 30.3 Å². The maximum atomic E-state index is 10.8. The maximum absolute atomic E-state index is 10.8. The second-order valence-corrected chi connectivity index (χ2v) is 3.64. The highest BCUT2D eigenvalue weighted by Gasteiger charge is 2.16. The molecular formula is C11H15NO2. The SMILES string of the molecule is C[NH+](C)[C@H](Cc1ccccc1)C(=O)[O-]. The first kappa shape index (κ1) is 10.7. The molecule has 14 heavy (non-hydrogen) atoms. The van der Waals surface area contributed by atoms with Crippen LogP contribution in [0.1, 0.15) is 5.56 Å². The van der Waals surface area contributed by atoms with Gasteiger partial charge in [-0.05, 0) is 5.56 Å². The van der Waals surface area contributed by atoms with Crippen molar-refractivity contribution in [2.24, 2.45) is 0 Å². The number of aliphatic carboxylic acids is 1. The predicted molar refractivity (Wildman–Crippen MR) is 51.8 cm³/mol. The quantitative estimate of drug-likeness (QED) is 0.632. The summed E-state index contributed by atoms with van der Waals surface area (Å²) >= 11 is 0. The lowest BCUT2D eigenvalue weighted by atomic mass is 10.1. The van der Waals surface area contributed by atoms with Crippen molar-refractivity contribution in [1.82, 2.24) is 0 Å². The number of nitrogens with one attached hydrogen (secondary N) is 1. The summed E-state index contributed by atoms with van der Waals surface area (Å²) in [6, 6.07) is 9.12. The standard InChI is InChI=1S/C11H15NO2/c1-12(2)10(11(13)14)8-9-6-4-3-5-7-9/h3-7,10H,8H2,1-2H3,(H,13,14)/t10-/m1/s1. The highest BCUT2D eigenvalue weighted by Crippen LogP contribution is 2.00. The van der Waals surface area contributed by atoms with Crippen LogP contribution < -0.4 is 10.0 Å². The van der Waals surface area contributed by atoms with E-state index in [1.807, 2.05) is 44.4 Å². The minimum Gasteiger partial charge on any atom is -0.544 e. The van der Waals surface area contributed by atoms with Gasteiger partial charge in [0.15, 0.2) is 0 Å². The average Bonchev–Trinajstić information content (AvgIpc) is 2.15. The van der Waals surface area contributed by atoms with Crippen LogP contribution in [0.5, 0.6) is 0 Å². The van der Waals surface area contributed by atoms with Crippen LogP contribution in [0.2, 0.25) is 0 Å². The Morgan fingerprint density at radius 2 is 1.93 bits per heavy atom. The van der Waals surface area contributed by atoms with Crippen molar-refractivity contribution >= 4 is 5.97 Å². The maximum Gasteiger partial charge on any atom is 0.131 e. The van der Waals surface area contributed by atoms with E-state index in [-0.39, 0.29) is 0 Å². The van der Waals surface area contributed by atoms with Crippen molar-refractivity contribution < 1.29 is 14.8 Å². The van der Waals surface area contributed by atoms with E-state index in [9.17, 15) is 9.90 Å². The van der Waals surface area contributed by atoms with Gasteiger partial charge in [-0.25, -0.2) is 0 Å². The van der Waals surface area contributed by atoms with Crippen LogP contribution in [0, 0.1) is 0 Å². The highest BCUT2D eigenvalue weighted by atomic mass is 16.4. The van der Waals surface area contributed by atoms with Gasteiger partial charge in [0.05, 0.1) is 20.1 Å². The molecule has 1 aromatic rings. The fourth-order valence-corrected chi connectivity index (χ4v) is 1.37. The summed E-state index contributed by atoms with van der Waals surface area (Å²) in [5, 5.41) is 10.8. The first-order valence-corrected chi connectivity index (χ1v) is 4.66. The molecule has 0 aliphatic heterocycles. The van der Waals surface area contributed by atoms with Crippen LogP contribution in [-0.2, 0) is 11.2 Å². The molecule has 1 atom stereocenters. The van der Waals surface area contributed by atoms with Gasteiger partial charge in [0, 0.05) is 6.42 Å². The van der Waals surface area contributed by atoms with E-state index in [2.05, 4.69) is 0 Å². The van der Waals surface area contributed by atoms with E-state index in [1.165, 1.54) is 0 Å². The third-order valence-electron chi connectivity index (χ3n) is 2.26. The van der Waals surface area contributed by atoms with Crippen LogP contribution in [0.4, 0.5) is 0 Å². The van der Waals surface area contributed by atoms with Gasteiger partial charge in [0.2, 0.25) is 0 Å². The van der Waals surface area contributed by atoms with E-state index in [0.29, 0.717) is 6.42 Å². The molecule has 3 nitrogen and oxygen atoms in total. The van der Waals surface area contributed by atoms with Crippen molar-refractivity contribution in [1.29, 1.82) is 0 Å². The number of carbonyl (C=O) groups is 1. The van der Waals surface area contributed by atoms with Gasteiger partial charge in [0.1, 0.15) is 6.04 Å². The fraction of sp³-hybridized carbons (Fsp3) is 0.364. The summed E-state index contributed by atoms with van der Waals surface area (Å²) in [7, 11) is 3.65. The fourth-order valence-electron chi connectivity index (χ4n) is 1.37. The van der Waals surface area contributed by atoms with Gasteiger partial charge in [0.25, 0.3) is 0 Å². The lowest BCUT2D eigenvalue weighted by Crippen LogP contribution is -3.12. The van der Waals surface area contributed by atoms with E-state index in [4.69, 9.17) is 0 Å². The zero-order valence-corrected chi connectivity index (χ0v) is 8.49. The molecule has 3 heteroatoms. The highest BCUT2D eigenvalue weighted by molar-refractivity contribution is 5.69. The molecule has 0 fully saturated rings. The third kappa shape index (κ3) is 2.85. The normalized spacial score (nSPS) is 12.8. The molecule has 0 amide bonds. The minimum absolute atomic E-state index is 0.475. The largest absolute Gasteiger partial charge is 0.544 e. The zero-order valence-electron chi connectivity index (χ0n) is 8.49. The number of likely N-dealkylation sites (N-methyl/N-ethyl adjacent to an activating group) is 1. The van der Waals surface area contributed by atoms with Crippen molar-refractivity contribution in [2.45, 2.75) is 12.5 Å². The van der Waals surface area contributed by atoms with E-state index in [1.54, 1.807) is 0 Å². The number of carboxylic acids is 1. The first-order chi connectivity index (χ1) is 6.61. The molecule has 0 aromatic heterocycles. The summed E-state index contributed by atoms with van der Waals surface area (Å²) < 4.78 is 0. The monoisotopic (exact) mass is 193 g/mol. The Balaban J connectivity index is 2.70. The van der Waals surface area contributed by atoms with Crippen molar-refractivity contribution in [2.75, 3.05) is 14.1 Å². The lowest BCUT2D eigenvalue weighted by molar-refractivity contribution is -0.878. The molecule has 0 aliphatic carbocycles. The first-order valence-electron chi connectivity index (χ1n) is 4.66. The number of hydrogen-bond donors (Lipinski definition) is 1. The molecule has 1 aromatic carbocycles. The molecule has 76 valence electrons. The number of benzene rings is 1. The Morgan fingerprint density at radius 3 is 2.36 bits per heavy atom. The molecule has 0 radical (unpaired) electrons. The van der Waals surface area contributed by atoms with Crippen LogP contribution in [0.3, 0.4) is 0 Å². The molecule has 1 N–H and O–H groups in total.